The molecular formula is C12H18O4. The van der Waals surface area contributed by atoms with Crippen LogP contribution in [0.2, 0.25) is 0 Å². The van der Waals surface area contributed by atoms with E-state index in [0.29, 0.717) is 24.2 Å². The average Bonchev–Trinajstić information content (AvgIpc) is 2.30. The highest BCUT2D eigenvalue weighted by Crippen LogP contribution is 2.42. The van der Waals surface area contributed by atoms with Crippen molar-refractivity contribution in [3.63, 3.8) is 0 Å². The van der Waals surface area contributed by atoms with Crippen LogP contribution in [0.15, 0.2) is 11.3 Å². The number of ether oxygens (including phenoxy) is 1. The van der Waals surface area contributed by atoms with Gasteiger partial charge >= 0.3 is 5.97 Å². The molecular weight excluding hydrogens is 208 g/mol. The molecule has 0 radical (unpaired) electrons. The van der Waals surface area contributed by atoms with Crippen LogP contribution in [0.5, 0.6) is 0 Å². The Bertz CT molecular complexity index is 347. The summed E-state index contributed by atoms with van der Waals surface area (Å²) >= 11 is 0. The first kappa shape index (κ1) is 11.5. The Hall–Kier alpha value is -1.03. The maximum absolute atomic E-state index is 11.1. The SMILES string of the molecule is C[C@H]1C2=C(C(=O)O)CC[C@](C)(CC[C@@H]1O)O2. The fourth-order valence-electron chi connectivity index (χ4n) is 2.52. The van der Waals surface area contributed by atoms with Crippen LogP contribution in [0.3, 0.4) is 0 Å². The minimum absolute atomic E-state index is 0.215. The molecule has 2 heterocycles. The fraction of sp³-hybridized carbons (Fsp3) is 0.750. The molecule has 0 aromatic rings. The highest BCUT2D eigenvalue weighted by Gasteiger charge is 2.41. The summed E-state index contributed by atoms with van der Waals surface area (Å²) < 4.78 is 5.83. The Kier molecular flexibility index (Phi) is 2.70. The summed E-state index contributed by atoms with van der Waals surface area (Å²) in [5.41, 5.74) is 0.0472. The van der Waals surface area contributed by atoms with Crippen molar-refractivity contribution in [1.82, 2.24) is 0 Å². The van der Waals surface area contributed by atoms with Gasteiger partial charge in [-0.2, -0.15) is 0 Å². The summed E-state index contributed by atoms with van der Waals surface area (Å²) in [7, 11) is 0. The maximum atomic E-state index is 11.1. The lowest BCUT2D eigenvalue weighted by Gasteiger charge is -2.35. The minimum Gasteiger partial charge on any atom is -0.491 e. The quantitative estimate of drug-likeness (QED) is 0.714. The minimum atomic E-state index is -0.919. The van der Waals surface area contributed by atoms with Gasteiger partial charge in [0.2, 0.25) is 0 Å². The Morgan fingerprint density at radius 3 is 2.81 bits per heavy atom. The van der Waals surface area contributed by atoms with Crippen LogP contribution in [-0.4, -0.2) is 27.9 Å². The normalized spacial score (nSPS) is 38.9. The molecule has 1 fully saturated rings. The molecule has 2 aliphatic rings. The third-order valence-electron chi connectivity index (χ3n) is 3.78. The molecule has 0 aromatic heterocycles. The Labute approximate surface area is 94.9 Å². The smallest absolute Gasteiger partial charge is 0.334 e. The first-order valence-corrected chi connectivity index (χ1v) is 5.76. The zero-order chi connectivity index (χ0) is 11.9. The fourth-order valence-corrected chi connectivity index (χ4v) is 2.52. The summed E-state index contributed by atoms with van der Waals surface area (Å²) in [6, 6.07) is 0. The van der Waals surface area contributed by atoms with Gasteiger partial charge in [0, 0.05) is 5.92 Å². The summed E-state index contributed by atoms with van der Waals surface area (Å²) in [4.78, 5) is 11.1. The van der Waals surface area contributed by atoms with Gasteiger partial charge in [-0.15, -0.1) is 0 Å². The van der Waals surface area contributed by atoms with E-state index in [1.165, 1.54) is 0 Å². The van der Waals surface area contributed by atoms with E-state index >= 15 is 0 Å². The third kappa shape index (κ3) is 1.82. The van der Waals surface area contributed by atoms with Gasteiger partial charge in [0.15, 0.2) is 0 Å². The number of aliphatic carboxylic acids is 1. The maximum Gasteiger partial charge on any atom is 0.334 e. The third-order valence-corrected chi connectivity index (χ3v) is 3.78. The van der Waals surface area contributed by atoms with E-state index in [1.54, 1.807) is 0 Å². The molecule has 2 N–H and O–H groups in total. The van der Waals surface area contributed by atoms with Crippen LogP contribution in [0.1, 0.15) is 39.5 Å². The van der Waals surface area contributed by atoms with Crippen LogP contribution in [-0.2, 0) is 9.53 Å². The predicted octanol–water partition coefficient (Wildman–Crippen LogP) is 1.68. The van der Waals surface area contributed by atoms with E-state index in [2.05, 4.69) is 0 Å². The van der Waals surface area contributed by atoms with Gasteiger partial charge in [0.1, 0.15) is 11.4 Å². The van der Waals surface area contributed by atoms with E-state index in [9.17, 15) is 9.90 Å². The van der Waals surface area contributed by atoms with Gasteiger partial charge in [-0.1, -0.05) is 6.92 Å². The molecule has 2 rings (SSSR count). The molecule has 0 amide bonds. The number of carboxylic acids is 1. The predicted molar refractivity (Wildman–Crippen MR) is 57.8 cm³/mol. The molecule has 2 aliphatic heterocycles. The molecule has 0 spiro atoms. The number of rotatable bonds is 1. The number of fused-ring (bicyclic) bond motifs is 2. The standard InChI is InChI=1S/C12H18O4/c1-7-9(13)4-6-12(2)5-3-8(11(14)15)10(7)16-12/h7,9,13H,3-6H2,1-2H3,(H,14,15)/t7-,9+,12-/m1/s1. The number of hydrogen-bond acceptors (Lipinski definition) is 3. The molecule has 1 saturated heterocycles. The topological polar surface area (TPSA) is 66.8 Å². The number of carboxylic acid groups (broad SMARTS) is 1. The highest BCUT2D eigenvalue weighted by atomic mass is 16.5. The van der Waals surface area contributed by atoms with Gasteiger partial charge in [0.05, 0.1) is 11.7 Å². The van der Waals surface area contributed by atoms with Gasteiger partial charge in [-0.3, -0.25) is 0 Å². The lowest BCUT2D eigenvalue weighted by atomic mass is 9.90. The Morgan fingerprint density at radius 1 is 1.50 bits per heavy atom. The van der Waals surface area contributed by atoms with Crippen molar-refractivity contribution in [2.45, 2.75) is 51.2 Å². The van der Waals surface area contributed by atoms with Gasteiger partial charge in [-0.05, 0) is 32.6 Å². The Balaban J connectivity index is 2.43. The average molecular weight is 226 g/mol. The van der Waals surface area contributed by atoms with E-state index in [0.717, 1.165) is 12.8 Å². The van der Waals surface area contributed by atoms with Crippen molar-refractivity contribution in [2.24, 2.45) is 5.92 Å². The second-order valence-corrected chi connectivity index (χ2v) is 5.09. The summed E-state index contributed by atoms with van der Waals surface area (Å²) in [6.07, 6.45) is 2.22. The zero-order valence-corrected chi connectivity index (χ0v) is 9.69. The van der Waals surface area contributed by atoms with Crippen LogP contribution in [0, 0.1) is 5.92 Å². The summed E-state index contributed by atoms with van der Waals surface area (Å²) in [5, 5.41) is 19.0. The second-order valence-electron chi connectivity index (χ2n) is 5.09. The Morgan fingerprint density at radius 2 is 2.19 bits per heavy atom. The van der Waals surface area contributed by atoms with Gasteiger partial charge in [0.25, 0.3) is 0 Å². The van der Waals surface area contributed by atoms with E-state index in [4.69, 9.17) is 9.84 Å². The molecule has 4 nitrogen and oxygen atoms in total. The number of carbonyl (C=O) groups is 1. The lowest BCUT2D eigenvalue weighted by molar-refractivity contribution is -0.134. The number of aliphatic hydroxyl groups is 1. The van der Waals surface area contributed by atoms with E-state index < -0.39 is 12.1 Å². The second kappa shape index (κ2) is 3.77. The molecule has 16 heavy (non-hydrogen) atoms. The molecule has 90 valence electrons. The number of hydrogen-bond donors (Lipinski definition) is 2. The monoisotopic (exact) mass is 226 g/mol. The van der Waals surface area contributed by atoms with Crippen molar-refractivity contribution in [2.75, 3.05) is 0 Å². The summed E-state index contributed by atoms with van der Waals surface area (Å²) in [6.45, 7) is 3.83. The first-order chi connectivity index (χ1) is 7.43. The molecule has 2 bridgehead atoms. The lowest BCUT2D eigenvalue weighted by Crippen LogP contribution is -2.33. The van der Waals surface area contributed by atoms with Crippen molar-refractivity contribution in [1.29, 1.82) is 0 Å². The summed E-state index contributed by atoms with van der Waals surface area (Å²) in [5.74, 6) is -0.641. The highest BCUT2D eigenvalue weighted by molar-refractivity contribution is 5.87. The van der Waals surface area contributed by atoms with Crippen molar-refractivity contribution < 1.29 is 19.7 Å². The van der Waals surface area contributed by atoms with Crippen molar-refractivity contribution in [3.8, 4) is 0 Å². The van der Waals surface area contributed by atoms with Crippen molar-refractivity contribution >= 4 is 5.97 Å². The first-order valence-electron chi connectivity index (χ1n) is 5.76. The van der Waals surface area contributed by atoms with Crippen LogP contribution in [0.25, 0.3) is 0 Å². The largest absolute Gasteiger partial charge is 0.491 e. The van der Waals surface area contributed by atoms with Gasteiger partial charge < -0.3 is 14.9 Å². The van der Waals surface area contributed by atoms with Gasteiger partial charge in [-0.25, -0.2) is 4.79 Å². The molecule has 0 aromatic carbocycles. The molecule has 0 saturated carbocycles. The van der Waals surface area contributed by atoms with Crippen molar-refractivity contribution in [3.05, 3.63) is 11.3 Å². The van der Waals surface area contributed by atoms with E-state index in [-0.39, 0.29) is 11.5 Å². The molecule has 0 unspecified atom stereocenters. The molecule has 3 atom stereocenters. The van der Waals surface area contributed by atoms with Crippen LogP contribution < -0.4 is 0 Å². The van der Waals surface area contributed by atoms with Crippen LogP contribution in [0.4, 0.5) is 0 Å². The molecule has 4 heteroatoms. The van der Waals surface area contributed by atoms with Crippen LogP contribution >= 0.6 is 0 Å². The number of aliphatic hydroxyl groups excluding tert-OH is 1. The zero-order valence-electron chi connectivity index (χ0n) is 9.69. The van der Waals surface area contributed by atoms with E-state index in [1.807, 2.05) is 13.8 Å². The molecule has 0 aliphatic carbocycles.